The van der Waals surface area contributed by atoms with Gasteiger partial charge in [0.25, 0.3) is 0 Å². The van der Waals surface area contributed by atoms with Crippen molar-refractivity contribution in [1.29, 1.82) is 0 Å². The summed E-state index contributed by atoms with van der Waals surface area (Å²) in [6.07, 6.45) is 2.61. The van der Waals surface area contributed by atoms with Gasteiger partial charge >= 0.3 is 5.97 Å². The van der Waals surface area contributed by atoms with Crippen LogP contribution in [0.2, 0.25) is 0 Å². The van der Waals surface area contributed by atoms with Crippen molar-refractivity contribution < 1.29 is 14.3 Å². The van der Waals surface area contributed by atoms with Crippen molar-refractivity contribution in [2.45, 2.75) is 39.5 Å². The SMILES string of the molecule is CCCCN(CCC(=O)OCC)C(=O)Cc1ccccc1. The number of esters is 1. The van der Waals surface area contributed by atoms with E-state index in [1.54, 1.807) is 11.8 Å². The summed E-state index contributed by atoms with van der Waals surface area (Å²) in [7, 11) is 0. The molecule has 0 bridgehead atoms. The van der Waals surface area contributed by atoms with Crippen LogP contribution >= 0.6 is 0 Å². The lowest BCUT2D eigenvalue weighted by molar-refractivity contribution is -0.144. The monoisotopic (exact) mass is 291 g/mol. The van der Waals surface area contributed by atoms with Crippen LogP contribution in [0.1, 0.15) is 38.7 Å². The summed E-state index contributed by atoms with van der Waals surface area (Å²) in [6.45, 7) is 5.39. The van der Waals surface area contributed by atoms with Gasteiger partial charge in [0, 0.05) is 13.1 Å². The number of hydrogen-bond donors (Lipinski definition) is 0. The molecule has 1 aromatic carbocycles. The average Bonchev–Trinajstić information content (AvgIpc) is 2.48. The second-order valence-corrected chi connectivity index (χ2v) is 4.95. The van der Waals surface area contributed by atoms with Gasteiger partial charge in [-0.3, -0.25) is 9.59 Å². The van der Waals surface area contributed by atoms with Gasteiger partial charge in [0.15, 0.2) is 0 Å². The summed E-state index contributed by atoms with van der Waals surface area (Å²) in [4.78, 5) is 25.6. The number of hydrogen-bond acceptors (Lipinski definition) is 3. The molecule has 0 N–H and O–H groups in total. The van der Waals surface area contributed by atoms with Crippen molar-refractivity contribution in [2.75, 3.05) is 19.7 Å². The zero-order valence-electron chi connectivity index (χ0n) is 13.0. The largest absolute Gasteiger partial charge is 0.466 e. The predicted molar refractivity (Wildman–Crippen MR) is 82.9 cm³/mol. The first-order chi connectivity index (χ1) is 10.2. The molecule has 4 nitrogen and oxygen atoms in total. The Labute approximate surface area is 127 Å². The molecule has 0 saturated carbocycles. The van der Waals surface area contributed by atoms with Gasteiger partial charge in [-0.05, 0) is 18.9 Å². The van der Waals surface area contributed by atoms with Crippen LogP contribution in [0.3, 0.4) is 0 Å². The van der Waals surface area contributed by atoms with Gasteiger partial charge in [0.2, 0.25) is 5.91 Å². The number of rotatable bonds is 9. The Balaban J connectivity index is 2.54. The second kappa shape index (κ2) is 9.97. The van der Waals surface area contributed by atoms with E-state index in [-0.39, 0.29) is 18.3 Å². The third-order valence-electron chi connectivity index (χ3n) is 3.22. The maximum absolute atomic E-state index is 12.4. The number of amides is 1. The predicted octanol–water partition coefficient (Wildman–Crippen LogP) is 2.81. The smallest absolute Gasteiger partial charge is 0.307 e. The molecule has 0 radical (unpaired) electrons. The molecular weight excluding hydrogens is 266 g/mol. The van der Waals surface area contributed by atoms with Crippen molar-refractivity contribution in [3.63, 3.8) is 0 Å². The van der Waals surface area contributed by atoms with Crippen LogP contribution in [-0.2, 0) is 20.7 Å². The fourth-order valence-electron chi connectivity index (χ4n) is 2.05. The fourth-order valence-corrected chi connectivity index (χ4v) is 2.05. The normalized spacial score (nSPS) is 10.2. The van der Waals surface area contributed by atoms with E-state index in [9.17, 15) is 9.59 Å². The highest BCUT2D eigenvalue weighted by Crippen LogP contribution is 2.06. The molecule has 0 aliphatic rings. The van der Waals surface area contributed by atoms with Gasteiger partial charge in [0.1, 0.15) is 0 Å². The lowest BCUT2D eigenvalue weighted by Gasteiger charge is -2.22. The molecule has 0 atom stereocenters. The molecule has 0 aliphatic carbocycles. The third-order valence-corrected chi connectivity index (χ3v) is 3.22. The number of ether oxygens (including phenoxy) is 1. The Morgan fingerprint density at radius 3 is 2.43 bits per heavy atom. The minimum absolute atomic E-state index is 0.0685. The molecule has 1 aromatic rings. The van der Waals surface area contributed by atoms with E-state index in [0.29, 0.717) is 26.1 Å². The number of benzene rings is 1. The van der Waals surface area contributed by atoms with E-state index in [4.69, 9.17) is 4.74 Å². The Morgan fingerprint density at radius 1 is 1.10 bits per heavy atom. The first kappa shape index (κ1) is 17.2. The summed E-state index contributed by atoms with van der Waals surface area (Å²) in [5.41, 5.74) is 1.00. The molecule has 0 aromatic heterocycles. The molecular formula is C17H25NO3. The number of nitrogens with zero attached hydrogens (tertiary/aromatic N) is 1. The highest BCUT2D eigenvalue weighted by molar-refractivity contribution is 5.79. The van der Waals surface area contributed by atoms with E-state index < -0.39 is 0 Å². The molecule has 0 spiro atoms. The quantitative estimate of drug-likeness (QED) is 0.657. The first-order valence-electron chi connectivity index (χ1n) is 7.64. The highest BCUT2D eigenvalue weighted by atomic mass is 16.5. The molecule has 0 saturated heterocycles. The van der Waals surface area contributed by atoms with Gasteiger partial charge in [-0.1, -0.05) is 43.7 Å². The number of carbonyl (C=O) groups excluding carboxylic acids is 2. The lowest BCUT2D eigenvalue weighted by Crippen LogP contribution is -2.35. The summed E-state index contributed by atoms with van der Waals surface area (Å²) < 4.78 is 4.92. The standard InChI is InChI=1S/C17H25NO3/c1-3-5-12-18(13-11-17(20)21-4-2)16(19)14-15-9-7-6-8-10-15/h6-10H,3-5,11-14H2,1-2H3. The van der Waals surface area contributed by atoms with Gasteiger partial charge in [-0.15, -0.1) is 0 Å². The summed E-state index contributed by atoms with van der Waals surface area (Å²) in [5.74, 6) is -0.176. The molecule has 0 unspecified atom stereocenters. The Bertz CT molecular complexity index is 431. The summed E-state index contributed by atoms with van der Waals surface area (Å²) >= 11 is 0. The number of carbonyl (C=O) groups is 2. The molecule has 1 rings (SSSR count). The van der Waals surface area contributed by atoms with Crippen LogP contribution in [-0.4, -0.2) is 36.5 Å². The zero-order chi connectivity index (χ0) is 15.5. The van der Waals surface area contributed by atoms with Crippen molar-refractivity contribution >= 4 is 11.9 Å². The van der Waals surface area contributed by atoms with E-state index in [1.807, 2.05) is 30.3 Å². The minimum atomic E-state index is -0.244. The van der Waals surface area contributed by atoms with E-state index >= 15 is 0 Å². The van der Waals surface area contributed by atoms with Gasteiger partial charge in [-0.25, -0.2) is 0 Å². The van der Waals surface area contributed by atoms with E-state index in [2.05, 4.69) is 6.92 Å². The van der Waals surface area contributed by atoms with Crippen LogP contribution in [0.4, 0.5) is 0 Å². The fraction of sp³-hybridized carbons (Fsp3) is 0.529. The molecule has 0 fully saturated rings. The molecule has 1 amide bonds. The van der Waals surface area contributed by atoms with Gasteiger partial charge in [0.05, 0.1) is 19.4 Å². The Hall–Kier alpha value is -1.84. The van der Waals surface area contributed by atoms with Crippen LogP contribution < -0.4 is 0 Å². The van der Waals surface area contributed by atoms with E-state index in [0.717, 1.165) is 18.4 Å². The van der Waals surface area contributed by atoms with Crippen LogP contribution in [0, 0.1) is 0 Å². The van der Waals surface area contributed by atoms with Crippen molar-refractivity contribution in [3.05, 3.63) is 35.9 Å². The van der Waals surface area contributed by atoms with Gasteiger partial charge < -0.3 is 9.64 Å². The average molecular weight is 291 g/mol. The Kier molecular flexibility index (Phi) is 8.17. The molecule has 0 aliphatic heterocycles. The van der Waals surface area contributed by atoms with Crippen LogP contribution in [0.15, 0.2) is 30.3 Å². The topological polar surface area (TPSA) is 46.6 Å². The first-order valence-corrected chi connectivity index (χ1v) is 7.64. The molecule has 21 heavy (non-hydrogen) atoms. The highest BCUT2D eigenvalue weighted by Gasteiger charge is 2.15. The summed E-state index contributed by atoms with van der Waals surface area (Å²) in [5, 5.41) is 0. The molecule has 0 heterocycles. The lowest BCUT2D eigenvalue weighted by atomic mass is 10.1. The number of unbranched alkanes of at least 4 members (excludes halogenated alkanes) is 1. The minimum Gasteiger partial charge on any atom is -0.466 e. The van der Waals surface area contributed by atoms with Crippen molar-refractivity contribution in [2.24, 2.45) is 0 Å². The summed E-state index contributed by atoms with van der Waals surface area (Å²) in [6, 6.07) is 9.68. The third kappa shape index (κ3) is 6.93. The van der Waals surface area contributed by atoms with E-state index in [1.165, 1.54) is 0 Å². The maximum Gasteiger partial charge on any atom is 0.307 e. The zero-order valence-corrected chi connectivity index (χ0v) is 13.0. The van der Waals surface area contributed by atoms with Crippen molar-refractivity contribution in [1.82, 2.24) is 4.90 Å². The van der Waals surface area contributed by atoms with Gasteiger partial charge in [-0.2, -0.15) is 0 Å². The molecule has 116 valence electrons. The Morgan fingerprint density at radius 2 is 1.81 bits per heavy atom. The maximum atomic E-state index is 12.4. The van der Waals surface area contributed by atoms with Crippen molar-refractivity contribution in [3.8, 4) is 0 Å². The molecule has 4 heteroatoms. The van der Waals surface area contributed by atoms with Crippen LogP contribution in [0.5, 0.6) is 0 Å². The second-order valence-electron chi connectivity index (χ2n) is 4.95. The van der Waals surface area contributed by atoms with Crippen LogP contribution in [0.25, 0.3) is 0 Å².